The molecule has 0 unspecified atom stereocenters. The van der Waals surface area contributed by atoms with Gasteiger partial charge in [-0.2, -0.15) is 0 Å². The summed E-state index contributed by atoms with van der Waals surface area (Å²) >= 11 is 0. The van der Waals surface area contributed by atoms with Gasteiger partial charge >= 0.3 is 0 Å². The highest BCUT2D eigenvalue weighted by molar-refractivity contribution is 5.78. The molecule has 2 heteroatoms. The van der Waals surface area contributed by atoms with Gasteiger partial charge in [-0.15, -0.1) is 0 Å². The summed E-state index contributed by atoms with van der Waals surface area (Å²) in [6.45, 7) is 9.44. The van der Waals surface area contributed by atoms with Crippen LogP contribution in [-0.4, -0.2) is 9.55 Å². The molecule has 1 heterocycles. The zero-order valence-electron chi connectivity index (χ0n) is 12.6. The molecule has 3 rings (SSSR count). The quantitative estimate of drug-likeness (QED) is 0.674. The third-order valence-electron chi connectivity index (χ3n) is 4.14. The number of benzene rings is 2. The molecule has 0 radical (unpaired) electrons. The second-order valence-electron chi connectivity index (χ2n) is 5.60. The summed E-state index contributed by atoms with van der Waals surface area (Å²) in [7, 11) is 0. The van der Waals surface area contributed by atoms with Crippen LogP contribution in [0.4, 0.5) is 0 Å². The molecule has 0 fully saturated rings. The first-order chi connectivity index (χ1) is 9.56. The van der Waals surface area contributed by atoms with Crippen LogP contribution in [0.1, 0.15) is 28.1 Å². The average molecular weight is 264 g/mol. The molecule has 0 atom stereocenters. The maximum atomic E-state index is 4.70. The fourth-order valence-corrected chi connectivity index (χ4v) is 2.66. The number of hydrogen-bond acceptors (Lipinski definition) is 1. The van der Waals surface area contributed by atoms with E-state index in [-0.39, 0.29) is 0 Å². The molecule has 2 nitrogen and oxygen atoms in total. The predicted octanol–water partition coefficient (Wildman–Crippen LogP) is 4.32. The van der Waals surface area contributed by atoms with E-state index < -0.39 is 0 Å². The Morgan fingerprint density at radius 3 is 2.35 bits per heavy atom. The summed E-state index contributed by atoms with van der Waals surface area (Å²) < 4.78 is 2.31. The fourth-order valence-electron chi connectivity index (χ4n) is 2.66. The molecule has 1 aromatic heterocycles. The van der Waals surface area contributed by atoms with E-state index in [1.807, 2.05) is 0 Å². The Morgan fingerprint density at radius 1 is 0.900 bits per heavy atom. The summed E-state index contributed by atoms with van der Waals surface area (Å²) in [5.41, 5.74) is 7.64. The lowest BCUT2D eigenvalue weighted by molar-refractivity contribution is 0.781. The Morgan fingerprint density at radius 2 is 1.60 bits per heavy atom. The Kier molecular flexibility index (Phi) is 3.09. The highest BCUT2D eigenvalue weighted by Crippen LogP contribution is 2.22. The number of imidazole rings is 1. The molecular formula is C18H20N2. The molecule has 0 aliphatic rings. The van der Waals surface area contributed by atoms with Crippen molar-refractivity contribution in [3.05, 3.63) is 64.5 Å². The standard InChI is InChI=1S/C18H20N2/c1-12-7-5-6-8-16(12)11-20-15(4)19-17-9-13(2)14(3)10-18(17)20/h5-10H,11H2,1-4H3. The van der Waals surface area contributed by atoms with Crippen molar-refractivity contribution in [2.45, 2.75) is 34.2 Å². The second kappa shape index (κ2) is 4.78. The van der Waals surface area contributed by atoms with Crippen LogP contribution in [-0.2, 0) is 6.54 Å². The monoisotopic (exact) mass is 264 g/mol. The van der Waals surface area contributed by atoms with Crippen LogP contribution in [0.15, 0.2) is 36.4 Å². The summed E-state index contributed by atoms with van der Waals surface area (Å²) in [5, 5.41) is 0. The Balaban J connectivity index is 2.14. The highest BCUT2D eigenvalue weighted by atomic mass is 15.1. The molecule has 2 aromatic carbocycles. The molecule has 3 aromatic rings. The van der Waals surface area contributed by atoms with Gasteiger partial charge in [-0.1, -0.05) is 24.3 Å². The first-order valence-corrected chi connectivity index (χ1v) is 7.05. The lowest BCUT2D eigenvalue weighted by Gasteiger charge is -2.10. The van der Waals surface area contributed by atoms with Gasteiger partial charge in [0.2, 0.25) is 0 Å². The van der Waals surface area contributed by atoms with Gasteiger partial charge in [-0.25, -0.2) is 4.98 Å². The number of aromatic nitrogens is 2. The first-order valence-electron chi connectivity index (χ1n) is 7.05. The SMILES string of the molecule is Cc1cc2nc(C)n(Cc3ccccc3C)c2cc1C. The lowest BCUT2D eigenvalue weighted by atomic mass is 10.1. The minimum absolute atomic E-state index is 0.886. The van der Waals surface area contributed by atoms with Crippen LogP contribution >= 0.6 is 0 Å². The van der Waals surface area contributed by atoms with Gasteiger partial charge in [0.15, 0.2) is 0 Å². The highest BCUT2D eigenvalue weighted by Gasteiger charge is 2.10. The van der Waals surface area contributed by atoms with E-state index >= 15 is 0 Å². The van der Waals surface area contributed by atoms with Gasteiger partial charge in [0.25, 0.3) is 0 Å². The van der Waals surface area contributed by atoms with Crippen molar-refractivity contribution in [2.24, 2.45) is 0 Å². The van der Waals surface area contributed by atoms with Crippen molar-refractivity contribution in [3.8, 4) is 0 Å². The molecule has 20 heavy (non-hydrogen) atoms. The maximum Gasteiger partial charge on any atom is 0.107 e. The van der Waals surface area contributed by atoms with E-state index in [0.717, 1.165) is 17.9 Å². The summed E-state index contributed by atoms with van der Waals surface area (Å²) in [6.07, 6.45) is 0. The average Bonchev–Trinajstić information content (AvgIpc) is 2.69. The Bertz CT molecular complexity index is 781. The van der Waals surface area contributed by atoms with Crippen LogP contribution in [0.5, 0.6) is 0 Å². The van der Waals surface area contributed by atoms with Crippen LogP contribution in [0.2, 0.25) is 0 Å². The molecule has 0 amide bonds. The van der Waals surface area contributed by atoms with E-state index in [9.17, 15) is 0 Å². The Labute approximate surface area is 120 Å². The van der Waals surface area contributed by atoms with Gasteiger partial charge in [-0.3, -0.25) is 0 Å². The Hall–Kier alpha value is -2.09. The minimum Gasteiger partial charge on any atom is -0.324 e. The van der Waals surface area contributed by atoms with Gasteiger partial charge in [-0.05, 0) is 62.1 Å². The molecular weight excluding hydrogens is 244 g/mol. The normalized spacial score (nSPS) is 11.2. The van der Waals surface area contributed by atoms with Crippen LogP contribution in [0.25, 0.3) is 11.0 Å². The zero-order chi connectivity index (χ0) is 14.3. The number of fused-ring (bicyclic) bond motifs is 1. The number of hydrogen-bond donors (Lipinski definition) is 0. The van der Waals surface area contributed by atoms with Gasteiger partial charge < -0.3 is 4.57 Å². The summed E-state index contributed by atoms with van der Waals surface area (Å²) in [6, 6.07) is 13.0. The first kappa shape index (κ1) is 12.9. The molecule has 0 bridgehead atoms. The zero-order valence-corrected chi connectivity index (χ0v) is 12.6. The van der Waals surface area contributed by atoms with Gasteiger partial charge in [0.05, 0.1) is 11.0 Å². The number of rotatable bonds is 2. The third kappa shape index (κ3) is 2.11. The van der Waals surface area contributed by atoms with Gasteiger partial charge in [0.1, 0.15) is 5.82 Å². The van der Waals surface area contributed by atoms with Gasteiger partial charge in [0, 0.05) is 6.54 Å². The van der Waals surface area contributed by atoms with Crippen LogP contribution < -0.4 is 0 Å². The van der Waals surface area contributed by atoms with Crippen molar-refractivity contribution < 1.29 is 0 Å². The predicted molar refractivity (Wildman–Crippen MR) is 84.2 cm³/mol. The third-order valence-corrected chi connectivity index (χ3v) is 4.14. The molecule has 0 aliphatic heterocycles. The largest absolute Gasteiger partial charge is 0.324 e. The van der Waals surface area contributed by atoms with Crippen LogP contribution in [0, 0.1) is 27.7 Å². The molecule has 102 valence electrons. The second-order valence-corrected chi connectivity index (χ2v) is 5.60. The van der Waals surface area contributed by atoms with Crippen molar-refractivity contribution in [1.29, 1.82) is 0 Å². The molecule has 0 saturated heterocycles. The lowest BCUT2D eigenvalue weighted by Crippen LogP contribution is -2.03. The fraction of sp³-hybridized carbons (Fsp3) is 0.278. The van der Waals surface area contributed by atoms with Crippen molar-refractivity contribution in [3.63, 3.8) is 0 Å². The summed E-state index contributed by atoms with van der Waals surface area (Å²) in [4.78, 5) is 4.70. The van der Waals surface area contributed by atoms with E-state index in [4.69, 9.17) is 4.98 Å². The molecule has 0 N–H and O–H groups in total. The van der Waals surface area contributed by atoms with E-state index in [2.05, 4.69) is 68.7 Å². The van der Waals surface area contributed by atoms with Crippen molar-refractivity contribution >= 4 is 11.0 Å². The van der Waals surface area contributed by atoms with E-state index in [1.54, 1.807) is 0 Å². The number of nitrogens with zero attached hydrogens (tertiary/aromatic N) is 2. The van der Waals surface area contributed by atoms with E-state index in [0.29, 0.717) is 0 Å². The summed E-state index contributed by atoms with van der Waals surface area (Å²) in [5.74, 6) is 1.08. The van der Waals surface area contributed by atoms with Crippen molar-refractivity contribution in [2.75, 3.05) is 0 Å². The van der Waals surface area contributed by atoms with E-state index in [1.165, 1.54) is 27.8 Å². The topological polar surface area (TPSA) is 17.8 Å². The molecule has 0 saturated carbocycles. The van der Waals surface area contributed by atoms with Crippen molar-refractivity contribution in [1.82, 2.24) is 9.55 Å². The maximum absolute atomic E-state index is 4.70. The minimum atomic E-state index is 0.886. The van der Waals surface area contributed by atoms with Crippen LogP contribution in [0.3, 0.4) is 0 Å². The molecule has 0 aliphatic carbocycles. The molecule has 0 spiro atoms. The number of aryl methyl sites for hydroxylation is 4. The smallest absolute Gasteiger partial charge is 0.107 e.